The number of para-hydroxylation sites is 1. The van der Waals surface area contributed by atoms with Crippen LogP contribution in [-0.2, 0) is 22.5 Å². The summed E-state index contributed by atoms with van der Waals surface area (Å²) in [6.45, 7) is 0.272. The Morgan fingerprint density at radius 2 is 1.94 bits per heavy atom. The first-order chi connectivity index (χ1) is 17.1. The zero-order chi connectivity index (χ0) is 24.2. The van der Waals surface area contributed by atoms with Gasteiger partial charge in [0.05, 0.1) is 25.4 Å². The first kappa shape index (κ1) is 22.3. The molecule has 0 saturated heterocycles. The van der Waals surface area contributed by atoms with Gasteiger partial charge in [0.15, 0.2) is 11.6 Å². The molecule has 1 aromatic carbocycles. The zero-order valence-electron chi connectivity index (χ0n) is 19.5. The van der Waals surface area contributed by atoms with E-state index in [0.29, 0.717) is 30.4 Å². The van der Waals surface area contributed by atoms with E-state index in [-0.39, 0.29) is 18.5 Å². The first-order valence-electron chi connectivity index (χ1n) is 11.1. The minimum atomic E-state index is 0.141. The normalized spacial score (nSPS) is 15.4. The number of aromatic nitrogens is 6. The summed E-state index contributed by atoms with van der Waals surface area (Å²) in [5, 5.41) is 5.42. The van der Waals surface area contributed by atoms with Gasteiger partial charge in [0.2, 0.25) is 11.8 Å². The zero-order valence-corrected chi connectivity index (χ0v) is 19.5. The van der Waals surface area contributed by atoms with E-state index in [1.165, 1.54) is 6.33 Å². The van der Waals surface area contributed by atoms with E-state index >= 15 is 0 Å². The molecule has 0 bridgehead atoms. The van der Waals surface area contributed by atoms with Gasteiger partial charge in [-0.1, -0.05) is 30.3 Å². The number of anilines is 1. The summed E-state index contributed by atoms with van der Waals surface area (Å²) in [5.74, 6) is 3.41. The van der Waals surface area contributed by atoms with Crippen molar-refractivity contribution < 1.29 is 14.2 Å². The maximum Gasteiger partial charge on any atom is 0.240 e. The number of nitrogen functional groups attached to an aromatic ring is 1. The lowest BCUT2D eigenvalue weighted by molar-refractivity contribution is 0.209. The number of methoxy groups -OCH3 is 2. The number of nitrogens with zero attached hydrogens (tertiary/aromatic N) is 6. The summed E-state index contributed by atoms with van der Waals surface area (Å²) in [7, 11) is 3.27. The molecule has 35 heavy (non-hydrogen) atoms. The highest BCUT2D eigenvalue weighted by atomic mass is 16.5. The van der Waals surface area contributed by atoms with Crippen LogP contribution in [0.4, 0.5) is 5.95 Å². The molecule has 1 unspecified atom stereocenters. The van der Waals surface area contributed by atoms with Crippen molar-refractivity contribution in [2.45, 2.75) is 19.4 Å². The monoisotopic (exact) mass is 471 g/mol. The summed E-state index contributed by atoms with van der Waals surface area (Å²) < 4.78 is 18.4. The lowest BCUT2D eigenvalue weighted by Crippen LogP contribution is -2.14. The van der Waals surface area contributed by atoms with Gasteiger partial charge in [-0.3, -0.25) is 0 Å². The molecule has 10 nitrogen and oxygen atoms in total. The van der Waals surface area contributed by atoms with Gasteiger partial charge < -0.3 is 19.9 Å². The lowest BCUT2D eigenvalue weighted by atomic mass is 9.95. The Balaban J connectivity index is 1.32. The molecule has 0 aliphatic heterocycles. The van der Waals surface area contributed by atoms with Crippen LogP contribution in [0.25, 0.3) is 16.7 Å². The van der Waals surface area contributed by atoms with Gasteiger partial charge in [-0.2, -0.15) is 9.67 Å². The van der Waals surface area contributed by atoms with Gasteiger partial charge in [0.1, 0.15) is 24.5 Å². The van der Waals surface area contributed by atoms with Crippen molar-refractivity contribution in [1.82, 2.24) is 29.7 Å². The molecule has 3 heterocycles. The topological polar surface area (TPSA) is 123 Å². The van der Waals surface area contributed by atoms with E-state index in [1.54, 1.807) is 25.0 Å². The molecule has 10 heteroatoms. The third kappa shape index (κ3) is 4.91. The van der Waals surface area contributed by atoms with Crippen molar-refractivity contribution >= 4 is 16.9 Å². The molecular formula is C25H25N7O3. The second-order valence-corrected chi connectivity index (χ2v) is 8.02. The molecule has 1 aliphatic rings. The van der Waals surface area contributed by atoms with Crippen LogP contribution in [0.3, 0.4) is 0 Å². The molecule has 2 N–H and O–H groups in total. The van der Waals surface area contributed by atoms with Gasteiger partial charge in [-0.15, -0.1) is 5.10 Å². The van der Waals surface area contributed by atoms with E-state index in [2.05, 4.69) is 31.1 Å². The van der Waals surface area contributed by atoms with E-state index in [9.17, 15) is 0 Å². The SMILES string of the molecule is COC1=C(OC)CC(Cc2nc(N)nn2-c2cc(OCc3ccc4ccccc4n3)ncn2)C=C1. The van der Waals surface area contributed by atoms with Crippen molar-refractivity contribution in [2.24, 2.45) is 5.92 Å². The number of hydrogen-bond acceptors (Lipinski definition) is 9. The smallest absolute Gasteiger partial charge is 0.240 e. The second kappa shape index (κ2) is 9.80. The Hall–Kier alpha value is -4.47. The number of hydrogen-bond donors (Lipinski definition) is 1. The molecule has 0 saturated carbocycles. The predicted molar refractivity (Wildman–Crippen MR) is 129 cm³/mol. The van der Waals surface area contributed by atoms with Crippen LogP contribution in [0, 0.1) is 5.92 Å². The molecule has 0 fully saturated rings. The Morgan fingerprint density at radius 1 is 1.06 bits per heavy atom. The van der Waals surface area contributed by atoms with Crippen LogP contribution in [0.15, 0.2) is 72.5 Å². The molecule has 3 aromatic heterocycles. The van der Waals surface area contributed by atoms with Gasteiger partial charge >= 0.3 is 0 Å². The maximum atomic E-state index is 5.94. The summed E-state index contributed by atoms with van der Waals surface area (Å²) in [4.78, 5) is 17.6. The lowest BCUT2D eigenvalue weighted by Gasteiger charge is -2.20. The Kier molecular flexibility index (Phi) is 6.25. The van der Waals surface area contributed by atoms with Crippen molar-refractivity contribution in [3.8, 4) is 11.7 Å². The second-order valence-electron chi connectivity index (χ2n) is 8.02. The Morgan fingerprint density at radius 3 is 2.80 bits per heavy atom. The van der Waals surface area contributed by atoms with Crippen LogP contribution in [0.2, 0.25) is 0 Å². The number of allylic oxidation sites excluding steroid dienone is 3. The largest absolute Gasteiger partial charge is 0.497 e. The molecule has 0 spiro atoms. The summed E-state index contributed by atoms with van der Waals surface area (Å²) in [5.41, 5.74) is 7.66. The number of pyridine rings is 1. The first-order valence-corrected chi connectivity index (χ1v) is 11.1. The van der Waals surface area contributed by atoms with Gasteiger partial charge in [-0.25, -0.2) is 15.0 Å². The molecular weight excluding hydrogens is 446 g/mol. The van der Waals surface area contributed by atoms with E-state index in [4.69, 9.17) is 19.9 Å². The fourth-order valence-electron chi connectivity index (χ4n) is 4.00. The molecule has 0 radical (unpaired) electrons. The summed E-state index contributed by atoms with van der Waals surface area (Å²) >= 11 is 0. The minimum absolute atomic E-state index is 0.141. The summed E-state index contributed by atoms with van der Waals surface area (Å²) in [6, 6.07) is 13.6. The molecule has 0 amide bonds. The highest BCUT2D eigenvalue weighted by Gasteiger charge is 2.22. The van der Waals surface area contributed by atoms with E-state index in [0.717, 1.165) is 28.1 Å². The highest BCUT2D eigenvalue weighted by Crippen LogP contribution is 2.27. The van der Waals surface area contributed by atoms with E-state index in [1.807, 2.05) is 42.5 Å². The molecule has 1 atom stereocenters. The average Bonchev–Trinajstić information content (AvgIpc) is 3.27. The Labute approximate surface area is 202 Å². The fourth-order valence-corrected chi connectivity index (χ4v) is 4.00. The van der Waals surface area contributed by atoms with Gasteiger partial charge in [-0.05, 0) is 24.1 Å². The average molecular weight is 472 g/mol. The standard InChI is InChI=1S/C25H25N7O3/c1-33-20-10-7-16(11-21(20)34-2)12-23-30-25(26)31-32(23)22-13-24(28-15-27-22)35-14-18-9-8-17-5-3-4-6-19(17)29-18/h3-10,13,15-16H,11-12,14H2,1-2H3,(H2,26,31). The van der Waals surface area contributed by atoms with Gasteiger partial charge in [0, 0.05) is 24.3 Å². The van der Waals surface area contributed by atoms with Crippen molar-refractivity contribution in [3.05, 3.63) is 84.0 Å². The molecule has 178 valence electrons. The van der Waals surface area contributed by atoms with Crippen molar-refractivity contribution in [3.63, 3.8) is 0 Å². The molecule has 5 rings (SSSR count). The number of ether oxygens (including phenoxy) is 3. The quantitative estimate of drug-likeness (QED) is 0.412. The summed E-state index contributed by atoms with van der Waals surface area (Å²) in [6.07, 6.45) is 6.68. The van der Waals surface area contributed by atoms with Crippen LogP contribution in [0.1, 0.15) is 17.9 Å². The van der Waals surface area contributed by atoms with Crippen molar-refractivity contribution in [1.29, 1.82) is 0 Å². The third-order valence-corrected chi connectivity index (χ3v) is 5.71. The third-order valence-electron chi connectivity index (χ3n) is 5.71. The van der Waals surface area contributed by atoms with Crippen LogP contribution in [-0.4, -0.2) is 43.9 Å². The maximum absolute atomic E-state index is 5.94. The molecule has 1 aliphatic carbocycles. The number of nitrogens with two attached hydrogens (primary N) is 1. The highest BCUT2D eigenvalue weighted by molar-refractivity contribution is 5.78. The number of rotatable bonds is 8. The van der Waals surface area contributed by atoms with Crippen molar-refractivity contribution in [2.75, 3.05) is 20.0 Å². The Bertz CT molecular complexity index is 1410. The van der Waals surface area contributed by atoms with E-state index < -0.39 is 0 Å². The van der Waals surface area contributed by atoms with Gasteiger partial charge in [0.25, 0.3) is 0 Å². The number of benzene rings is 1. The van der Waals surface area contributed by atoms with Crippen LogP contribution < -0.4 is 10.5 Å². The molecule has 4 aromatic rings. The number of fused-ring (bicyclic) bond motifs is 1. The predicted octanol–water partition coefficient (Wildman–Crippen LogP) is 3.39. The minimum Gasteiger partial charge on any atom is -0.497 e. The van der Waals surface area contributed by atoms with Crippen LogP contribution >= 0.6 is 0 Å². The van der Waals surface area contributed by atoms with Crippen LogP contribution in [0.5, 0.6) is 5.88 Å². The fraction of sp³-hybridized carbons (Fsp3) is 0.240.